The summed E-state index contributed by atoms with van der Waals surface area (Å²) in [5, 5.41) is 1.90. The van der Waals surface area contributed by atoms with Crippen molar-refractivity contribution >= 4 is 26.3 Å². The van der Waals surface area contributed by atoms with E-state index < -0.39 is 26.4 Å². The van der Waals surface area contributed by atoms with Gasteiger partial charge in [-0.2, -0.15) is 0 Å². The largest absolute Gasteiger partial charge is 0.490 e. The third-order valence-electron chi connectivity index (χ3n) is 7.49. The molecule has 0 aromatic heterocycles. The Labute approximate surface area is 212 Å². The number of allylic oxidation sites excluding steroid dienone is 1. The maximum Gasteiger partial charge on any atom is 0.490 e. The van der Waals surface area contributed by atoms with Crippen LogP contribution in [0.2, 0.25) is 13.1 Å². The molecule has 0 N–H and O–H groups in total. The van der Waals surface area contributed by atoms with Gasteiger partial charge < -0.3 is 23.5 Å². The van der Waals surface area contributed by atoms with E-state index in [0.717, 1.165) is 43.0 Å². The second-order valence-corrected chi connectivity index (χ2v) is 15.3. The smallest absolute Gasteiger partial charge is 0.463 e. The summed E-state index contributed by atoms with van der Waals surface area (Å²) >= 11 is 0. The monoisotopic (exact) mass is 502 g/mol. The van der Waals surface area contributed by atoms with Gasteiger partial charge in [0.1, 0.15) is 8.07 Å². The summed E-state index contributed by atoms with van der Waals surface area (Å²) in [4.78, 5) is 13.6. The van der Waals surface area contributed by atoms with Crippen molar-refractivity contribution in [2.75, 3.05) is 19.8 Å². The second-order valence-electron chi connectivity index (χ2n) is 11.0. The molecule has 0 bridgehead atoms. The van der Waals surface area contributed by atoms with Crippen LogP contribution in [-0.4, -0.2) is 58.5 Å². The lowest BCUT2D eigenvalue weighted by atomic mass is 9.75. The summed E-state index contributed by atoms with van der Waals surface area (Å²) in [6.45, 7) is 16.0. The van der Waals surface area contributed by atoms with E-state index in [1.807, 2.05) is 52.8 Å². The van der Waals surface area contributed by atoms with Crippen LogP contribution in [0.15, 0.2) is 41.0 Å². The molecule has 1 aromatic carbocycles. The molecule has 1 unspecified atom stereocenters. The molecule has 2 aliphatic rings. The molecule has 2 saturated heterocycles. The third-order valence-corrected chi connectivity index (χ3v) is 11.0. The van der Waals surface area contributed by atoms with Crippen LogP contribution < -0.4 is 5.19 Å². The minimum Gasteiger partial charge on any atom is -0.463 e. The van der Waals surface area contributed by atoms with Gasteiger partial charge in [0, 0.05) is 11.8 Å². The molecule has 2 aliphatic heterocycles. The van der Waals surface area contributed by atoms with E-state index in [2.05, 4.69) is 25.2 Å². The fourth-order valence-corrected chi connectivity index (χ4v) is 7.60. The van der Waals surface area contributed by atoms with Crippen LogP contribution in [0, 0.1) is 0 Å². The van der Waals surface area contributed by atoms with Gasteiger partial charge in [0.2, 0.25) is 0 Å². The Kier molecular flexibility index (Phi) is 9.43. The Hall–Kier alpha value is -1.45. The van der Waals surface area contributed by atoms with E-state index in [1.54, 1.807) is 0 Å². The van der Waals surface area contributed by atoms with Crippen molar-refractivity contribution < 1.29 is 28.3 Å². The molecule has 8 heteroatoms. The summed E-state index contributed by atoms with van der Waals surface area (Å²) in [7, 11) is -3.06. The topological polar surface area (TPSA) is 63.2 Å². The Morgan fingerprint density at radius 2 is 1.74 bits per heavy atom. The lowest BCUT2D eigenvalue weighted by Gasteiger charge is -2.32. The molecular weight excluding hydrogens is 459 g/mol. The zero-order valence-corrected chi connectivity index (χ0v) is 23.6. The van der Waals surface area contributed by atoms with Crippen LogP contribution in [0.4, 0.5) is 0 Å². The van der Waals surface area contributed by atoms with Crippen molar-refractivity contribution in [3.05, 3.63) is 41.0 Å². The Morgan fingerprint density at radius 3 is 2.31 bits per heavy atom. The van der Waals surface area contributed by atoms with Gasteiger partial charge >= 0.3 is 13.1 Å². The Bertz CT molecular complexity index is 861. The zero-order chi connectivity index (χ0) is 25.7. The molecule has 1 aromatic rings. The molecule has 2 heterocycles. The maximum absolute atomic E-state index is 13.6. The lowest BCUT2D eigenvalue weighted by molar-refractivity contribution is -0.162. The highest BCUT2D eigenvalue weighted by molar-refractivity contribution is 6.99. The van der Waals surface area contributed by atoms with Crippen LogP contribution in [0.5, 0.6) is 0 Å². The normalized spacial score (nSPS) is 22.6. The number of carbonyl (C=O) groups excluding carboxylic acids is 1. The zero-order valence-electron chi connectivity index (χ0n) is 22.6. The standard InChI is InChI=1S/C27H43BO6Si/c1-8-30-25(29)24(35(6,7)21-15-10-9-11-16-21)22(28-33-26(2,3)27(4,5)34-28)17-14-20-32-23-18-12-13-19-31-23/h9-11,15-16,23H,8,12-14,17-20H2,1-7H3/b24-22+. The van der Waals surface area contributed by atoms with Crippen molar-refractivity contribution in [1.82, 2.24) is 0 Å². The van der Waals surface area contributed by atoms with Crippen molar-refractivity contribution in [3.63, 3.8) is 0 Å². The van der Waals surface area contributed by atoms with Crippen LogP contribution in [0.1, 0.15) is 66.7 Å². The number of rotatable bonds is 10. The highest BCUT2D eigenvalue weighted by atomic mass is 28.3. The molecule has 0 aliphatic carbocycles. The molecule has 0 radical (unpaired) electrons. The molecule has 0 saturated carbocycles. The lowest BCUT2D eigenvalue weighted by Crippen LogP contribution is -2.49. The Morgan fingerprint density at radius 1 is 1.09 bits per heavy atom. The average molecular weight is 503 g/mol. The van der Waals surface area contributed by atoms with Crippen molar-refractivity contribution in [1.29, 1.82) is 0 Å². The van der Waals surface area contributed by atoms with E-state index in [9.17, 15) is 4.79 Å². The summed E-state index contributed by atoms with van der Waals surface area (Å²) in [5.74, 6) is -0.269. The van der Waals surface area contributed by atoms with Crippen LogP contribution in [-0.2, 0) is 28.3 Å². The first-order valence-electron chi connectivity index (χ1n) is 13.0. The predicted molar refractivity (Wildman–Crippen MR) is 142 cm³/mol. The van der Waals surface area contributed by atoms with Crippen molar-refractivity contribution in [2.24, 2.45) is 0 Å². The predicted octanol–water partition coefficient (Wildman–Crippen LogP) is 4.96. The van der Waals surface area contributed by atoms with E-state index in [1.165, 1.54) is 5.19 Å². The summed E-state index contributed by atoms with van der Waals surface area (Å²) < 4.78 is 30.3. The number of hydrogen-bond acceptors (Lipinski definition) is 6. The van der Waals surface area contributed by atoms with E-state index >= 15 is 0 Å². The number of carbonyl (C=O) groups is 1. The van der Waals surface area contributed by atoms with Gasteiger partial charge in [-0.05, 0) is 72.2 Å². The van der Waals surface area contributed by atoms with Crippen molar-refractivity contribution in [2.45, 2.75) is 97.3 Å². The first-order chi connectivity index (χ1) is 16.5. The average Bonchev–Trinajstić information content (AvgIpc) is 3.03. The minimum atomic E-state index is -2.45. The van der Waals surface area contributed by atoms with Crippen LogP contribution in [0.3, 0.4) is 0 Å². The van der Waals surface area contributed by atoms with Gasteiger partial charge in [-0.1, -0.05) is 48.6 Å². The number of hydrogen-bond donors (Lipinski definition) is 0. The van der Waals surface area contributed by atoms with Crippen LogP contribution in [0.25, 0.3) is 0 Å². The van der Waals surface area contributed by atoms with Gasteiger partial charge in [-0.25, -0.2) is 4.79 Å². The second kappa shape index (κ2) is 11.7. The molecule has 194 valence electrons. The van der Waals surface area contributed by atoms with E-state index in [4.69, 9.17) is 23.5 Å². The van der Waals surface area contributed by atoms with Crippen molar-refractivity contribution in [3.8, 4) is 0 Å². The Balaban J connectivity index is 1.97. The molecule has 0 spiro atoms. The molecule has 2 fully saturated rings. The van der Waals surface area contributed by atoms with E-state index in [-0.39, 0.29) is 12.3 Å². The summed E-state index contributed by atoms with van der Waals surface area (Å²) in [6.07, 6.45) is 4.39. The quantitative estimate of drug-likeness (QED) is 0.195. The molecule has 0 amide bonds. The highest BCUT2D eigenvalue weighted by Crippen LogP contribution is 2.41. The summed E-state index contributed by atoms with van der Waals surface area (Å²) in [5.41, 5.74) is -0.128. The molecular formula is C27H43BO6Si. The SMILES string of the molecule is CCOC(=O)/C(=C(/CCCOC1CCCCO1)B1OC(C)(C)C(C)(C)O1)[Si](C)(C)c1ccccc1. The summed E-state index contributed by atoms with van der Waals surface area (Å²) in [6, 6.07) is 10.3. The van der Waals surface area contributed by atoms with Gasteiger partial charge in [0.05, 0.1) is 24.4 Å². The van der Waals surface area contributed by atoms with E-state index in [0.29, 0.717) is 19.6 Å². The fourth-order valence-electron chi connectivity index (χ4n) is 4.66. The first kappa shape index (κ1) is 28.1. The maximum atomic E-state index is 13.6. The van der Waals surface area contributed by atoms with Gasteiger partial charge in [-0.15, -0.1) is 0 Å². The first-order valence-corrected chi connectivity index (χ1v) is 16.0. The molecule has 35 heavy (non-hydrogen) atoms. The van der Waals surface area contributed by atoms with Crippen LogP contribution >= 0.6 is 0 Å². The third kappa shape index (κ3) is 6.66. The van der Waals surface area contributed by atoms with Gasteiger partial charge in [0.25, 0.3) is 0 Å². The highest BCUT2D eigenvalue weighted by Gasteiger charge is 2.54. The number of esters is 1. The molecule has 3 rings (SSSR count). The number of ether oxygens (including phenoxy) is 3. The van der Waals surface area contributed by atoms with Gasteiger partial charge in [0.15, 0.2) is 6.29 Å². The van der Waals surface area contributed by atoms with Gasteiger partial charge in [-0.3, -0.25) is 0 Å². The number of benzene rings is 1. The fraction of sp³-hybridized carbons (Fsp3) is 0.667. The molecule has 1 atom stereocenters. The minimum absolute atomic E-state index is 0.132. The molecule has 6 nitrogen and oxygen atoms in total.